The molecule has 1 aromatic carbocycles. The summed E-state index contributed by atoms with van der Waals surface area (Å²) in [5.41, 5.74) is 1.30. The van der Waals surface area contributed by atoms with Crippen LogP contribution in [0.4, 0.5) is 4.39 Å². The summed E-state index contributed by atoms with van der Waals surface area (Å²) >= 11 is 0. The van der Waals surface area contributed by atoms with Crippen molar-refractivity contribution in [3.63, 3.8) is 0 Å². The Labute approximate surface area is 123 Å². The molecule has 0 radical (unpaired) electrons. The van der Waals surface area contributed by atoms with E-state index in [0.29, 0.717) is 25.3 Å². The lowest BCUT2D eigenvalue weighted by Gasteiger charge is -2.22. The molecule has 2 rings (SSSR count). The Morgan fingerprint density at radius 2 is 2.05 bits per heavy atom. The van der Waals surface area contributed by atoms with E-state index >= 15 is 0 Å². The maximum absolute atomic E-state index is 13.3. The molecule has 0 saturated carbocycles. The van der Waals surface area contributed by atoms with Crippen LogP contribution in [0.2, 0.25) is 0 Å². The van der Waals surface area contributed by atoms with Gasteiger partial charge in [0, 0.05) is 38.2 Å². The van der Waals surface area contributed by atoms with Crippen LogP contribution in [0, 0.1) is 5.82 Å². The summed E-state index contributed by atoms with van der Waals surface area (Å²) in [4.78, 5) is 18.1. The number of benzene rings is 1. The normalized spacial score (nSPS) is 10.4. The third kappa shape index (κ3) is 4.36. The number of hydrogen-bond acceptors (Lipinski definition) is 3. The van der Waals surface area contributed by atoms with Crippen LogP contribution in [0.1, 0.15) is 15.9 Å². The molecule has 0 unspecified atom stereocenters. The Kier molecular flexibility index (Phi) is 5.40. The van der Waals surface area contributed by atoms with Crippen molar-refractivity contribution in [2.45, 2.75) is 6.54 Å². The van der Waals surface area contributed by atoms with E-state index in [0.717, 1.165) is 5.56 Å². The van der Waals surface area contributed by atoms with Gasteiger partial charge >= 0.3 is 0 Å². The maximum Gasteiger partial charge on any atom is 0.254 e. The van der Waals surface area contributed by atoms with Crippen LogP contribution in [0.25, 0.3) is 0 Å². The zero-order valence-electron chi connectivity index (χ0n) is 11.8. The van der Waals surface area contributed by atoms with Crippen molar-refractivity contribution in [2.24, 2.45) is 0 Å². The number of carbonyl (C=O) groups is 1. The van der Waals surface area contributed by atoms with E-state index in [4.69, 9.17) is 4.74 Å². The standard InChI is InChI=1S/C16H17FN2O2/c1-21-10-9-19(12-13-5-7-18-8-6-13)16(20)14-3-2-4-15(17)11-14/h2-8,11H,9-10,12H2,1H3. The Balaban J connectivity index is 2.17. The van der Waals surface area contributed by atoms with Crippen LogP contribution in [-0.2, 0) is 11.3 Å². The van der Waals surface area contributed by atoms with Gasteiger partial charge in [-0.3, -0.25) is 9.78 Å². The summed E-state index contributed by atoms with van der Waals surface area (Å²) in [6, 6.07) is 9.40. The van der Waals surface area contributed by atoms with Crippen LogP contribution in [-0.4, -0.2) is 36.1 Å². The molecule has 1 aromatic heterocycles. The number of halogens is 1. The molecule has 110 valence electrons. The van der Waals surface area contributed by atoms with Gasteiger partial charge in [-0.05, 0) is 35.9 Å². The van der Waals surface area contributed by atoms with Crippen LogP contribution in [0.15, 0.2) is 48.8 Å². The second kappa shape index (κ2) is 7.50. The van der Waals surface area contributed by atoms with Crippen molar-refractivity contribution >= 4 is 5.91 Å². The number of rotatable bonds is 6. The smallest absolute Gasteiger partial charge is 0.254 e. The average molecular weight is 288 g/mol. The first-order valence-electron chi connectivity index (χ1n) is 6.63. The van der Waals surface area contributed by atoms with Crippen molar-refractivity contribution in [2.75, 3.05) is 20.3 Å². The topological polar surface area (TPSA) is 42.4 Å². The SMILES string of the molecule is COCCN(Cc1ccncc1)C(=O)c1cccc(F)c1. The Bertz CT molecular complexity index is 590. The number of carbonyl (C=O) groups excluding carboxylic acids is 1. The largest absolute Gasteiger partial charge is 0.383 e. The lowest BCUT2D eigenvalue weighted by atomic mass is 10.1. The minimum absolute atomic E-state index is 0.219. The molecule has 1 amide bonds. The second-order valence-electron chi connectivity index (χ2n) is 4.59. The Morgan fingerprint density at radius 1 is 1.29 bits per heavy atom. The highest BCUT2D eigenvalue weighted by Crippen LogP contribution is 2.11. The zero-order chi connectivity index (χ0) is 15.1. The maximum atomic E-state index is 13.3. The van der Waals surface area contributed by atoms with Crippen molar-refractivity contribution in [3.8, 4) is 0 Å². The van der Waals surface area contributed by atoms with Gasteiger partial charge in [0.25, 0.3) is 5.91 Å². The highest BCUT2D eigenvalue weighted by molar-refractivity contribution is 5.94. The van der Waals surface area contributed by atoms with E-state index in [9.17, 15) is 9.18 Å². The summed E-state index contributed by atoms with van der Waals surface area (Å²) in [5.74, 6) is -0.639. The van der Waals surface area contributed by atoms with Gasteiger partial charge in [-0.2, -0.15) is 0 Å². The fourth-order valence-electron chi connectivity index (χ4n) is 1.97. The monoisotopic (exact) mass is 288 g/mol. The van der Waals surface area contributed by atoms with E-state index in [1.54, 1.807) is 30.5 Å². The Morgan fingerprint density at radius 3 is 2.71 bits per heavy atom. The molecule has 0 aliphatic rings. The molecule has 0 fully saturated rings. The lowest BCUT2D eigenvalue weighted by molar-refractivity contribution is 0.0680. The highest BCUT2D eigenvalue weighted by Gasteiger charge is 2.16. The number of nitrogens with zero attached hydrogens (tertiary/aromatic N) is 2. The number of methoxy groups -OCH3 is 1. The molecule has 0 spiro atoms. The van der Waals surface area contributed by atoms with Crippen LogP contribution < -0.4 is 0 Å². The fraction of sp³-hybridized carbons (Fsp3) is 0.250. The molecule has 21 heavy (non-hydrogen) atoms. The fourth-order valence-corrected chi connectivity index (χ4v) is 1.97. The van der Waals surface area contributed by atoms with E-state index in [1.165, 1.54) is 18.2 Å². The molecular weight excluding hydrogens is 271 g/mol. The molecule has 0 aliphatic carbocycles. The van der Waals surface area contributed by atoms with Gasteiger partial charge in [0.1, 0.15) is 5.82 Å². The summed E-state index contributed by atoms with van der Waals surface area (Å²) in [6.45, 7) is 1.29. The molecule has 0 bridgehead atoms. The van der Waals surface area contributed by atoms with E-state index in [1.807, 2.05) is 12.1 Å². The van der Waals surface area contributed by atoms with E-state index in [2.05, 4.69) is 4.98 Å². The van der Waals surface area contributed by atoms with Gasteiger partial charge in [0.2, 0.25) is 0 Å². The molecule has 4 nitrogen and oxygen atoms in total. The highest BCUT2D eigenvalue weighted by atomic mass is 19.1. The van der Waals surface area contributed by atoms with Gasteiger partial charge < -0.3 is 9.64 Å². The van der Waals surface area contributed by atoms with Gasteiger partial charge in [-0.25, -0.2) is 4.39 Å². The summed E-state index contributed by atoms with van der Waals surface area (Å²) in [6.07, 6.45) is 3.35. The number of ether oxygens (including phenoxy) is 1. The molecule has 5 heteroatoms. The van der Waals surface area contributed by atoms with Crippen molar-refractivity contribution < 1.29 is 13.9 Å². The molecule has 2 aromatic rings. The van der Waals surface area contributed by atoms with Gasteiger partial charge in [0.15, 0.2) is 0 Å². The first-order valence-corrected chi connectivity index (χ1v) is 6.63. The third-order valence-electron chi connectivity index (χ3n) is 3.05. The molecule has 0 aliphatic heterocycles. The van der Waals surface area contributed by atoms with Gasteiger partial charge in [0.05, 0.1) is 6.61 Å². The first-order chi connectivity index (χ1) is 10.2. The molecule has 1 heterocycles. The zero-order valence-corrected chi connectivity index (χ0v) is 11.8. The van der Waals surface area contributed by atoms with Gasteiger partial charge in [-0.15, -0.1) is 0 Å². The van der Waals surface area contributed by atoms with E-state index in [-0.39, 0.29) is 5.91 Å². The van der Waals surface area contributed by atoms with Crippen LogP contribution in [0.3, 0.4) is 0 Å². The minimum atomic E-state index is -0.420. The lowest BCUT2D eigenvalue weighted by Crippen LogP contribution is -2.33. The van der Waals surface area contributed by atoms with Crippen LogP contribution in [0.5, 0.6) is 0 Å². The molecule has 0 atom stereocenters. The molecular formula is C16H17FN2O2. The number of hydrogen-bond donors (Lipinski definition) is 0. The third-order valence-corrected chi connectivity index (χ3v) is 3.05. The number of pyridine rings is 1. The van der Waals surface area contributed by atoms with Crippen molar-refractivity contribution in [3.05, 3.63) is 65.7 Å². The summed E-state index contributed by atoms with van der Waals surface area (Å²) in [5, 5.41) is 0. The molecule has 0 saturated heterocycles. The quantitative estimate of drug-likeness (QED) is 0.820. The summed E-state index contributed by atoms with van der Waals surface area (Å²) < 4.78 is 18.3. The number of amides is 1. The van der Waals surface area contributed by atoms with E-state index < -0.39 is 5.82 Å². The van der Waals surface area contributed by atoms with Crippen molar-refractivity contribution in [1.29, 1.82) is 0 Å². The Hall–Kier alpha value is -2.27. The second-order valence-corrected chi connectivity index (χ2v) is 4.59. The van der Waals surface area contributed by atoms with Crippen molar-refractivity contribution in [1.82, 2.24) is 9.88 Å². The van der Waals surface area contributed by atoms with Crippen LogP contribution >= 0.6 is 0 Å². The number of aromatic nitrogens is 1. The predicted octanol–water partition coefficient (Wildman–Crippen LogP) is 2.51. The summed E-state index contributed by atoms with van der Waals surface area (Å²) in [7, 11) is 1.58. The molecule has 0 N–H and O–H groups in total. The first kappa shape index (κ1) is 15.1. The predicted molar refractivity (Wildman–Crippen MR) is 77.3 cm³/mol. The average Bonchev–Trinajstić information content (AvgIpc) is 2.51. The minimum Gasteiger partial charge on any atom is -0.383 e. The van der Waals surface area contributed by atoms with Gasteiger partial charge in [-0.1, -0.05) is 6.07 Å².